The summed E-state index contributed by atoms with van der Waals surface area (Å²) in [5, 5.41) is 0. The van der Waals surface area contributed by atoms with Crippen LogP contribution in [0.25, 0.3) is 0 Å². The number of likely N-dealkylation sites (tertiary alicyclic amines) is 1. The summed E-state index contributed by atoms with van der Waals surface area (Å²) >= 11 is 0. The number of rotatable bonds is 4. The number of benzene rings is 1. The standard InChI is InChI=1S/C16H23NO/c1-4-15-10-7-13(3)17(15)11-16(18)14-8-5-12(2)6-9-14/h5-6,8-9,13,15H,4,7,10-11H2,1-3H3. The Hall–Kier alpha value is -1.15. The Morgan fingerprint density at radius 1 is 1.28 bits per heavy atom. The van der Waals surface area contributed by atoms with Gasteiger partial charge in [0.15, 0.2) is 5.78 Å². The molecule has 1 aliphatic rings. The van der Waals surface area contributed by atoms with E-state index in [4.69, 9.17) is 0 Å². The number of carbonyl (C=O) groups excluding carboxylic acids is 1. The van der Waals surface area contributed by atoms with E-state index in [0.717, 1.165) is 12.0 Å². The maximum absolute atomic E-state index is 12.3. The molecule has 18 heavy (non-hydrogen) atoms. The Morgan fingerprint density at radius 3 is 2.56 bits per heavy atom. The number of Topliss-reactive ketones (excluding diaryl/α,β-unsaturated/α-hetero) is 1. The van der Waals surface area contributed by atoms with Crippen LogP contribution in [0.5, 0.6) is 0 Å². The minimum Gasteiger partial charge on any atom is -0.293 e. The third kappa shape index (κ3) is 2.81. The maximum atomic E-state index is 12.3. The van der Waals surface area contributed by atoms with E-state index in [1.54, 1.807) is 0 Å². The van der Waals surface area contributed by atoms with Crippen molar-refractivity contribution in [1.29, 1.82) is 0 Å². The molecule has 1 saturated heterocycles. The third-order valence-electron chi connectivity index (χ3n) is 4.12. The molecule has 0 radical (unpaired) electrons. The first kappa shape index (κ1) is 13.3. The predicted molar refractivity (Wildman–Crippen MR) is 75.0 cm³/mol. The van der Waals surface area contributed by atoms with E-state index in [1.807, 2.05) is 31.2 Å². The molecule has 0 spiro atoms. The molecular weight excluding hydrogens is 222 g/mol. The molecule has 0 N–H and O–H groups in total. The highest BCUT2D eigenvalue weighted by atomic mass is 16.1. The van der Waals surface area contributed by atoms with Gasteiger partial charge in [-0.15, -0.1) is 0 Å². The third-order valence-corrected chi connectivity index (χ3v) is 4.12. The van der Waals surface area contributed by atoms with E-state index in [2.05, 4.69) is 18.7 Å². The quantitative estimate of drug-likeness (QED) is 0.757. The fourth-order valence-electron chi connectivity index (χ4n) is 2.85. The highest BCUT2D eigenvalue weighted by molar-refractivity contribution is 5.97. The van der Waals surface area contributed by atoms with Gasteiger partial charge < -0.3 is 0 Å². The second-order valence-corrected chi connectivity index (χ2v) is 5.45. The van der Waals surface area contributed by atoms with Crippen molar-refractivity contribution in [2.45, 2.75) is 52.1 Å². The molecule has 2 nitrogen and oxygen atoms in total. The molecule has 0 aromatic heterocycles. The van der Waals surface area contributed by atoms with Crippen molar-refractivity contribution >= 4 is 5.78 Å². The topological polar surface area (TPSA) is 20.3 Å². The van der Waals surface area contributed by atoms with E-state index in [9.17, 15) is 4.79 Å². The normalized spacial score (nSPS) is 24.4. The summed E-state index contributed by atoms with van der Waals surface area (Å²) in [5.74, 6) is 0.252. The monoisotopic (exact) mass is 245 g/mol. The van der Waals surface area contributed by atoms with Crippen LogP contribution < -0.4 is 0 Å². The van der Waals surface area contributed by atoms with E-state index in [1.165, 1.54) is 18.4 Å². The molecule has 1 aromatic rings. The summed E-state index contributed by atoms with van der Waals surface area (Å²) in [7, 11) is 0. The lowest BCUT2D eigenvalue weighted by Gasteiger charge is -2.26. The molecule has 0 aliphatic carbocycles. The molecule has 0 bridgehead atoms. The van der Waals surface area contributed by atoms with Gasteiger partial charge in [-0.05, 0) is 33.1 Å². The molecule has 2 heteroatoms. The van der Waals surface area contributed by atoms with Crippen LogP contribution in [0.3, 0.4) is 0 Å². The van der Waals surface area contributed by atoms with Crippen molar-refractivity contribution in [2.75, 3.05) is 6.54 Å². The molecule has 2 atom stereocenters. The summed E-state index contributed by atoms with van der Waals surface area (Å²) in [5.41, 5.74) is 2.04. The maximum Gasteiger partial charge on any atom is 0.176 e. The lowest BCUT2D eigenvalue weighted by molar-refractivity contribution is 0.0889. The van der Waals surface area contributed by atoms with Crippen LogP contribution in [0.1, 0.15) is 49.0 Å². The Morgan fingerprint density at radius 2 is 1.94 bits per heavy atom. The van der Waals surface area contributed by atoms with E-state index >= 15 is 0 Å². The van der Waals surface area contributed by atoms with Gasteiger partial charge >= 0.3 is 0 Å². The number of hydrogen-bond acceptors (Lipinski definition) is 2. The van der Waals surface area contributed by atoms with Gasteiger partial charge in [-0.25, -0.2) is 0 Å². The molecule has 1 heterocycles. The zero-order chi connectivity index (χ0) is 13.1. The van der Waals surface area contributed by atoms with Gasteiger partial charge in [-0.1, -0.05) is 36.8 Å². The van der Waals surface area contributed by atoms with Gasteiger partial charge in [0.2, 0.25) is 0 Å². The van der Waals surface area contributed by atoms with Gasteiger partial charge in [0.05, 0.1) is 6.54 Å². The molecule has 1 aromatic carbocycles. The number of aryl methyl sites for hydroxylation is 1. The average Bonchev–Trinajstić information content (AvgIpc) is 2.71. The summed E-state index contributed by atoms with van der Waals surface area (Å²) in [6.07, 6.45) is 3.60. The minimum absolute atomic E-state index is 0.252. The van der Waals surface area contributed by atoms with Gasteiger partial charge in [0.1, 0.15) is 0 Å². The van der Waals surface area contributed by atoms with Crippen LogP contribution >= 0.6 is 0 Å². The second-order valence-electron chi connectivity index (χ2n) is 5.45. The van der Waals surface area contributed by atoms with Gasteiger partial charge in [-0.2, -0.15) is 0 Å². The summed E-state index contributed by atoms with van der Waals surface area (Å²) in [6.45, 7) is 7.07. The fourth-order valence-corrected chi connectivity index (χ4v) is 2.85. The van der Waals surface area contributed by atoms with Gasteiger partial charge in [0, 0.05) is 17.6 Å². The summed E-state index contributed by atoms with van der Waals surface area (Å²) < 4.78 is 0. The van der Waals surface area contributed by atoms with Gasteiger partial charge in [0.25, 0.3) is 0 Å². The molecule has 98 valence electrons. The Labute approximate surface area is 110 Å². The van der Waals surface area contributed by atoms with Crippen LogP contribution in [0, 0.1) is 6.92 Å². The summed E-state index contributed by atoms with van der Waals surface area (Å²) in [6, 6.07) is 9.05. The lowest BCUT2D eigenvalue weighted by Crippen LogP contribution is -2.38. The summed E-state index contributed by atoms with van der Waals surface area (Å²) in [4.78, 5) is 14.7. The second kappa shape index (κ2) is 5.66. The number of ketones is 1. The van der Waals surface area contributed by atoms with Crippen molar-refractivity contribution in [1.82, 2.24) is 4.90 Å². The Kier molecular flexibility index (Phi) is 4.18. The minimum atomic E-state index is 0.252. The molecule has 2 unspecified atom stereocenters. The molecule has 1 aliphatic heterocycles. The zero-order valence-corrected chi connectivity index (χ0v) is 11.6. The van der Waals surface area contributed by atoms with Crippen molar-refractivity contribution in [3.8, 4) is 0 Å². The number of nitrogens with zero attached hydrogens (tertiary/aromatic N) is 1. The zero-order valence-electron chi connectivity index (χ0n) is 11.6. The first-order chi connectivity index (χ1) is 8.61. The number of hydrogen-bond donors (Lipinski definition) is 0. The van der Waals surface area contributed by atoms with Crippen LogP contribution in [0.2, 0.25) is 0 Å². The predicted octanol–water partition coefficient (Wildman–Crippen LogP) is 3.44. The average molecular weight is 245 g/mol. The molecule has 1 fully saturated rings. The number of carbonyl (C=O) groups is 1. The van der Waals surface area contributed by atoms with Crippen molar-refractivity contribution in [3.63, 3.8) is 0 Å². The van der Waals surface area contributed by atoms with Crippen molar-refractivity contribution in [2.24, 2.45) is 0 Å². The van der Waals surface area contributed by atoms with Crippen LogP contribution in [0.15, 0.2) is 24.3 Å². The fraction of sp³-hybridized carbons (Fsp3) is 0.562. The van der Waals surface area contributed by atoms with Crippen LogP contribution in [-0.2, 0) is 0 Å². The molecule has 0 saturated carbocycles. The Bertz CT molecular complexity index is 410. The molecule has 0 amide bonds. The van der Waals surface area contributed by atoms with Gasteiger partial charge in [-0.3, -0.25) is 9.69 Å². The highest BCUT2D eigenvalue weighted by Crippen LogP contribution is 2.26. The first-order valence-electron chi connectivity index (χ1n) is 6.97. The molecular formula is C16H23NO. The smallest absolute Gasteiger partial charge is 0.176 e. The van der Waals surface area contributed by atoms with E-state index in [0.29, 0.717) is 18.6 Å². The van der Waals surface area contributed by atoms with Crippen molar-refractivity contribution in [3.05, 3.63) is 35.4 Å². The van der Waals surface area contributed by atoms with Crippen LogP contribution in [-0.4, -0.2) is 29.3 Å². The highest BCUT2D eigenvalue weighted by Gasteiger charge is 2.30. The largest absolute Gasteiger partial charge is 0.293 e. The first-order valence-corrected chi connectivity index (χ1v) is 6.97. The SMILES string of the molecule is CCC1CCC(C)N1CC(=O)c1ccc(C)cc1. The van der Waals surface area contributed by atoms with E-state index < -0.39 is 0 Å². The van der Waals surface area contributed by atoms with Crippen molar-refractivity contribution < 1.29 is 4.79 Å². The lowest BCUT2D eigenvalue weighted by atomic mass is 10.1. The molecule has 2 rings (SSSR count). The van der Waals surface area contributed by atoms with E-state index in [-0.39, 0.29) is 5.78 Å². The Balaban J connectivity index is 2.04. The van der Waals surface area contributed by atoms with Crippen LogP contribution in [0.4, 0.5) is 0 Å².